The molecule has 0 spiro atoms. The molecular weight excluding hydrogens is 172 g/mol. The van der Waals surface area contributed by atoms with E-state index in [1.165, 1.54) is 38.5 Å². The maximum atomic E-state index is 6.14. The monoisotopic (exact) mass is 196 g/mol. The summed E-state index contributed by atoms with van der Waals surface area (Å²) >= 11 is 0. The van der Waals surface area contributed by atoms with Crippen LogP contribution in [0.3, 0.4) is 0 Å². The van der Waals surface area contributed by atoms with E-state index in [0.29, 0.717) is 17.6 Å². The molecule has 0 radical (unpaired) electrons. The van der Waals surface area contributed by atoms with Crippen LogP contribution in [0.2, 0.25) is 0 Å². The van der Waals surface area contributed by atoms with Crippen LogP contribution in [0.1, 0.15) is 59.3 Å². The molecule has 2 rings (SSSR count). The zero-order valence-electron chi connectivity index (χ0n) is 9.88. The van der Waals surface area contributed by atoms with Crippen LogP contribution < -0.4 is 0 Å². The van der Waals surface area contributed by atoms with E-state index in [1.807, 2.05) is 0 Å². The summed E-state index contributed by atoms with van der Waals surface area (Å²) in [5.74, 6) is 0.789. The Hall–Kier alpha value is -0.0400. The van der Waals surface area contributed by atoms with E-state index in [2.05, 4.69) is 20.8 Å². The molecule has 1 nitrogen and oxygen atoms in total. The second kappa shape index (κ2) is 3.84. The van der Waals surface area contributed by atoms with Crippen molar-refractivity contribution in [3.05, 3.63) is 0 Å². The summed E-state index contributed by atoms with van der Waals surface area (Å²) in [4.78, 5) is 0. The van der Waals surface area contributed by atoms with Crippen LogP contribution in [0.5, 0.6) is 0 Å². The minimum atomic E-state index is 0.431. The number of rotatable bonds is 2. The highest BCUT2D eigenvalue weighted by Gasteiger charge is 2.37. The fourth-order valence-corrected chi connectivity index (χ4v) is 2.70. The third-order valence-electron chi connectivity index (χ3n) is 3.71. The van der Waals surface area contributed by atoms with E-state index in [-0.39, 0.29) is 0 Å². The fourth-order valence-electron chi connectivity index (χ4n) is 2.70. The summed E-state index contributed by atoms with van der Waals surface area (Å²) in [5.41, 5.74) is 0.431. The molecule has 2 fully saturated rings. The smallest absolute Gasteiger partial charge is 0.0612 e. The molecule has 2 saturated carbocycles. The summed E-state index contributed by atoms with van der Waals surface area (Å²) in [6.45, 7) is 7.10. The summed E-state index contributed by atoms with van der Waals surface area (Å²) < 4.78 is 6.14. The molecule has 0 amide bonds. The topological polar surface area (TPSA) is 9.23 Å². The lowest BCUT2D eigenvalue weighted by molar-refractivity contribution is -0.0560. The molecule has 0 aromatic carbocycles. The Morgan fingerprint density at radius 1 is 0.929 bits per heavy atom. The quantitative estimate of drug-likeness (QED) is 0.653. The Labute approximate surface area is 88.2 Å². The van der Waals surface area contributed by atoms with Gasteiger partial charge in [-0.15, -0.1) is 0 Å². The van der Waals surface area contributed by atoms with Gasteiger partial charge in [-0.25, -0.2) is 0 Å². The Morgan fingerprint density at radius 3 is 2.14 bits per heavy atom. The van der Waals surface area contributed by atoms with Crippen molar-refractivity contribution in [2.24, 2.45) is 11.3 Å². The lowest BCUT2D eigenvalue weighted by atomic mass is 9.71. The highest BCUT2D eigenvalue weighted by atomic mass is 16.5. The van der Waals surface area contributed by atoms with Crippen LogP contribution in [0.25, 0.3) is 0 Å². The molecule has 0 aromatic rings. The van der Waals surface area contributed by atoms with Crippen molar-refractivity contribution in [3.63, 3.8) is 0 Å². The number of hydrogen-bond donors (Lipinski definition) is 0. The zero-order chi connectivity index (χ0) is 10.2. The van der Waals surface area contributed by atoms with Gasteiger partial charge in [0.2, 0.25) is 0 Å². The highest BCUT2D eigenvalue weighted by molar-refractivity contribution is 4.87. The van der Waals surface area contributed by atoms with E-state index in [1.54, 1.807) is 0 Å². The fraction of sp³-hybridized carbons (Fsp3) is 1.00. The summed E-state index contributed by atoms with van der Waals surface area (Å²) in [7, 11) is 0. The largest absolute Gasteiger partial charge is 0.375 e. The van der Waals surface area contributed by atoms with Gasteiger partial charge < -0.3 is 4.74 Å². The van der Waals surface area contributed by atoms with Gasteiger partial charge in [0.05, 0.1) is 12.2 Å². The molecule has 0 N–H and O–H groups in total. The van der Waals surface area contributed by atoms with Gasteiger partial charge in [0.25, 0.3) is 0 Å². The predicted octanol–water partition coefficient (Wildman–Crippen LogP) is 3.77. The zero-order valence-corrected chi connectivity index (χ0v) is 9.88. The third-order valence-corrected chi connectivity index (χ3v) is 3.71. The highest BCUT2D eigenvalue weighted by Crippen LogP contribution is 2.41. The first-order chi connectivity index (χ1) is 6.57. The van der Waals surface area contributed by atoms with Crippen LogP contribution in [0, 0.1) is 11.3 Å². The van der Waals surface area contributed by atoms with Gasteiger partial charge >= 0.3 is 0 Å². The molecule has 2 aliphatic rings. The maximum Gasteiger partial charge on any atom is 0.0612 e. The first-order valence-electron chi connectivity index (χ1n) is 6.23. The van der Waals surface area contributed by atoms with Gasteiger partial charge in [-0.3, -0.25) is 0 Å². The van der Waals surface area contributed by atoms with Gasteiger partial charge in [0, 0.05) is 0 Å². The van der Waals surface area contributed by atoms with Crippen molar-refractivity contribution in [3.8, 4) is 0 Å². The van der Waals surface area contributed by atoms with Gasteiger partial charge in [-0.05, 0) is 37.0 Å². The molecule has 2 aliphatic carbocycles. The molecule has 14 heavy (non-hydrogen) atoms. The number of ether oxygens (including phenoxy) is 1. The van der Waals surface area contributed by atoms with Crippen molar-refractivity contribution < 1.29 is 4.74 Å². The van der Waals surface area contributed by atoms with Crippen molar-refractivity contribution in [2.45, 2.75) is 71.5 Å². The Morgan fingerprint density at radius 2 is 1.57 bits per heavy atom. The van der Waals surface area contributed by atoms with Gasteiger partial charge in [-0.2, -0.15) is 0 Å². The van der Waals surface area contributed by atoms with Crippen LogP contribution in [0.4, 0.5) is 0 Å². The van der Waals surface area contributed by atoms with Crippen LogP contribution >= 0.6 is 0 Å². The van der Waals surface area contributed by atoms with Gasteiger partial charge in [0.15, 0.2) is 0 Å². The molecule has 0 aromatic heterocycles. The maximum absolute atomic E-state index is 6.14. The molecule has 2 atom stereocenters. The lowest BCUT2D eigenvalue weighted by Crippen LogP contribution is -2.37. The molecule has 0 saturated heterocycles. The van der Waals surface area contributed by atoms with Crippen LogP contribution in [0.15, 0.2) is 0 Å². The normalized spacial score (nSPS) is 34.5. The molecule has 1 heteroatoms. The van der Waals surface area contributed by atoms with E-state index in [9.17, 15) is 0 Å². The Bertz CT molecular complexity index is 188. The van der Waals surface area contributed by atoms with E-state index in [4.69, 9.17) is 4.74 Å². The predicted molar refractivity (Wildman–Crippen MR) is 59.3 cm³/mol. The Kier molecular flexibility index (Phi) is 2.88. The van der Waals surface area contributed by atoms with Crippen molar-refractivity contribution >= 4 is 0 Å². The van der Waals surface area contributed by atoms with E-state index in [0.717, 1.165) is 5.92 Å². The Balaban J connectivity index is 1.95. The second-order valence-corrected chi connectivity index (χ2v) is 6.13. The molecule has 0 aliphatic heterocycles. The third kappa shape index (κ3) is 2.50. The van der Waals surface area contributed by atoms with Gasteiger partial charge in [0.1, 0.15) is 0 Å². The lowest BCUT2D eigenvalue weighted by Gasteiger charge is -2.40. The van der Waals surface area contributed by atoms with Crippen molar-refractivity contribution in [2.75, 3.05) is 0 Å². The summed E-state index contributed by atoms with van der Waals surface area (Å²) in [5, 5.41) is 0. The minimum Gasteiger partial charge on any atom is -0.375 e. The summed E-state index contributed by atoms with van der Waals surface area (Å²) in [6.07, 6.45) is 9.29. The first kappa shape index (κ1) is 10.5. The van der Waals surface area contributed by atoms with Crippen LogP contribution in [-0.4, -0.2) is 12.2 Å². The molecule has 0 heterocycles. The molecule has 0 bridgehead atoms. The average molecular weight is 196 g/mol. The minimum absolute atomic E-state index is 0.431. The standard InChI is InChI=1S/C13H24O/c1-13(2,3)11-6-4-5-7-12(11)14-10-8-9-10/h10-12H,4-9H2,1-3H3/t11-,12?/m1/s1. The SMILES string of the molecule is CC(C)(C)[C@@H]1CCCCC1OC1CC1. The second-order valence-electron chi connectivity index (χ2n) is 6.13. The van der Waals surface area contributed by atoms with E-state index < -0.39 is 0 Å². The first-order valence-corrected chi connectivity index (χ1v) is 6.23. The molecule has 82 valence electrons. The molecular formula is C13H24O. The van der Waals surface area contributed by atoms with E-state index >= 15 is 0 Å². The van der Waals surface area contributed by atoms with Crippen molar-refractivity contribution in [1.82, 2.24) is 0 Å². The van der Waals surface area contributed by atoms with Crippen LogP contribution in [-0.2, 0) is 4.74 Å². The van der Waals surface area contributed by atoms with Gasteiger partial charge in [-0.1, -0.05) is 33.6 Å². The number of hydrogen-bond acceptors (Lipinski definition) is 1. The average Bonchev–Trinajstić information content (AvgIpc) is 2.87. The molecule has 1 unspecified atom stereocenters. The summed E-state index contributed by atoms with van der Waals surface area (Å²) in [6, 6.07) is 0. The van der Waals surface area contributed by atoms with Crippen molar-refractivity contribution in [1.29, 1.82) is 0 Å².